The minimum atomic E-state index is -0.454. The van der Waals surface area contributed by atoms with Gasteiger partial charge in [-0.3, -0.25) is 0 Å². The van der Waals surface area contributed by atoms with E-state index >= 15 is 0 Å². The largest absolute Gasteiger partial charge is 0.444 e. The first-order valence-corrected chi connectivity index (χ1v) is 9.90. The molecule has 1 heterocycles. The Morgan fingerprint density at radius 1 is 1.20 bits per heavy atom. The van der Waals surface area contributed by atoms with E-state index in [2.05, 4.69) is 6.07 Å². The van der Waals surface area contributed by atoms with Gasteiger partial charge in [0, 0.05) is 13.1 Å². The summed E-state index contributed by atoms with van der Waals surface area (Å²) in [5.41, 5.74) is 0.921. The summed E-state index contributed by atoms with van der Waals surface area (Å²) in [7, 11) is 0. The highest BCUT2D eigenvalue weighted by Crippen LogP contribution is 2.50. The minimum Gasteiger partial charge on any atom is -0.444 e. The molecular weight excluding hydrogens is 357 g/mol. The molecule has 2 aliphatic rings. The summed E-state index contributed by atoms with van der Waals surface area (Å²) in [6.07, 6.45) is 5.57. The van der Waals surface area contributed by atoms with Crippen molar-refractivity contribution >= 4 is 29.3 Å². The molecule has 25 heavy (non-hydrogen) atoms. The number of hydrogen-bond donors (Lipinski definition) is 0. The standard InChI is InChI=1S/C20H27Cl2NO2/c1-19(2,3)25-18(24)23-11-8-15(13-23)20(9-4-5-10-20)14-6-7-16(21)17(22)12-14/h6-7,12,15H,4-5,8-11,13H2,1-3H3/t15-/m1/s1. The monoisotopic (exact) mass is 383 g/mol. The van der Waals surface area contributed by atoms with Crippen LogP contribution in [0.15, 0.2) is 18.2 Å². The van der Waals surface area contributed by atoms with Crippen LogP contribution in [-0.4, -0.2) is 29.7 Å². The zero-order valence-electron chi connectivity index (χ0n) is 15.3. The Labute approximate surface area is 160 Å². The van der Waals surface area contributed by atoms with Crippen molar-refractivity contribution in [2.75, 3.05) is 13.1 Å². The molecule has 1 saturated carbocycles. The summed E-state index contributed by atoms with van der Waals surface area (Å²) < 4.78 is 5.55. The summed E-state index contributed by atoms with van der Waals surface area (Å²) in [5, 5.41) is 1.22. The smallest absolute Gasteiger partial charge is 0.410 e. The van der Waals surface area contributed by atoms with Gasteiger partial charge in [-0.25, -0.2) is 4.79 Å². The fourth-order valence-electron chi connectivity index (χ4n) is 4.45. The Kier molecular flexibility index (Phi) is 5.28. The number of rotatable bonds is 2. The number of halogens is 2. The third-order valence-electron chi connectivity index (χ3n) is 5.61. The van der Waals surface area contributed by atoms with Gasteiger partial charge in [-0.1, -0.05) is 42.1 Å². The number of nitrogens with zero attached hydrogens (tertiary/aromatic N) is 1. The van der Waals surface area contributed by atoms with Crippen molar-refractivity contribution in [1.29, 1.82) is 0 Å². The van der Waals surface area contributed by atoms with E-state index in [1.807, 2.05) is 37.8 Å². The second-order valence-corrected chi connectivity index (χ2v) is 9.22. The molecule has 0 bridgehead atoms. The molecule has 5 heteroatoms. The zero-order chi connectivity index (χ0) is 18.2. The van der Waals surface area contributed by atoms with Gasteiger partial charge in [0.2, 0.25) is 0 Å². The van der Waals surface area contributed by atoms with Crippen molar-refractivity contribution in [3.05, 3.63) is 33.8 Å². The van der Waals surface area contributed by atoms with Gasteiger partial charge in [-0.15, -0.1) is 0 Å². The van der Waals surface area contributed by atoms with E-state index in [9.17, 15) is 4.79 Å². The zero-order valence-corrected chi connectivity index (χ0v) is 16.8. The SMILES string of the molecule is CC(C)(C)OC(=O)N1CC[C@@H](C2(c3ccc(Cl)c(Cl)c3)CCCC2)C1. The van der Waals surface area contributed by atoms with Crippen molar-refractivity contribution in [2.45, 2.75) is 63.9 Å². The predicted molar refractivity (Wildman–Crippen MR) is 103 cm³/mol. The highest BCUT2D eigenvalue weighted by atomic mass is 35.5. The van der Waals surface area contributed by atoms with Crippen LogP contribution in [0.1, 0.15) is 58.4 Å². The maximum atomic E-state index is 12.4. The van der Waals surface area contributed by atoms with Crippen LogP contribution in [0.5, 0.6) is 0 Å². The lowest BCUT2D eigenvalue weighted by Gasteiger charge is -2.36. The molecule has 138 valence electrons. The van der Waals surface area contributed by atoms with E-state index in [0.717, 1.165) is 32.4 Å². The lowest BCUT2D eigenvalue weighted by atomic mass is 9.68. The van der Waals surface area contributed by atoms with Gasteiger partial charge in [0.05, 0.1) is 10.0 Å². The second kappa shape index (κ2) is 7.00. The molecule has 0 spiro atoms. The predicted octanol–water partition coefficient (Wildman–Crippen LogP) is 6.06. The first kappa shape index (κ1) is 18.8. The molecule has 1 saturated heterocycles. The number of hydrogen-bond acceptors (Lipinski definition) is 2. The fraction of sp³-hybridized carbons (Fsp3) is 0.650. The van der Waals surface area contributed by atoms with Crippen LogP contribution < -0.4 is 0 Å². The first-order chi connectivity index (χ1) is 11.7. The first-order valence-electron chi connectivity index (χ1n) is 9.15. The lowest BCUT2D eigenvalue weighted by molar-refractivity contribution is 0.0281. The third-order valence-corrected chi connectivity index (χ3v) is 6.35. The second-order valence-electron chi connectivity index (χ2n) is 8.40. The molecule has 2 fully saturated rings. The number of amides is 1. The minimum absolute atomic E-state index is 0.102. The number of likely N-dealkylation sites (tertiary alicyclic amines) is 1. The van der Waals surface area contributed by atoms with Crippen molar-refractivity contribution in [3.8, 4) is 0 Å². The summed E-state index contributed by atoms with van der Waals surface area (Å²) in [5.74, 6) is 0.444. The van der Waals surface area contributed by atoms with Crippen LogP contribution >= 0.6 is 23.2 Å². The van der Waals surface area contributed by atoms with Gasteiger partial charge >= 0.3 is 6.09 Å². The molecule has 1 aliphatic heterocycles. The maximum Gasteiger partial charge on any atom is 0.410 e. The topological polar surface area (TPSA) is 29.5 Å². The normalized spacial score (nSPS) is 23.1. The molecule has 0 radical (unpaired) electrons. The molecule has 0 unspecified atom stereocenters. The Balaban J connectivity index is 1.80. The van der Waals surface area contributed by atoms with Crippen LogP contribution in [0.25, 0.3) is 0 Å². The van der Waals surface area contributed by atoms with E-state index in [4.69, 9.17) is 27.9 Å². The summed E-state index contributed by atoms with van der Waals surface area (Å²) in [4.78, 5) is 14.3. The molecule has 0 N–H and O–H groups in total. The van der Waals surface area contributed by atoms with Crippen LogP contribution in [-0.2, 0) is 10.2 Å². The molecule has 1 amide bonds. The van der Waals surface area contributed by atoms with Crippen LogP contribution in [0, 0.1) is 5.92 Å². The van der Waals surface area contributed by atoms with Crippen LogP contribution in [0.4, 0.5) is 4.79 Å². The Hall–Kier alpha value is -0.930. The van der Waals surface area contributed by atoms with Gasteiger partial charge in [-0.2, -0.15) is 0 Å². The Morgan fingerprint density at radius 3 is 2.48 bits per heavy atom. The van der Waals surface area contributed by atoms with Gasteiger partial charge in [0.25, 0.3) is 0 Å². The van der Waals surface area contributed by atoms with E-state index in [0.29, 0.717) is 16.0 Å². The van der Waals surface area contributed by atoms with Crippen molar-refractivity contribution in [3.63, 3.8) is 0 Å². The number of carbonyl (C=O) groups excluding carboxylic acids is 1. The van der Waals surface area contributed by atoms with Gasteiger partial charge in [0.15, 0.2) is 0 Å². The van der Waals surface area contributed by atoms with Crippen molar-refractivity contribution in [2.24, 2.45) is 5.92 Å². The third kappa shape index (κ3) is 3.93. The highest BCUT2D eigenvalue weighted by Gasteiger charge is 2.46. The quantitative estimate of drug-likeness (QED) is 0.620. The van der Waals surface area contributed by atoms with E-state index in [1.54, 1.807) is 0 Å². The van der Waals surface area contributed by atoms with E-state index < -0.39 is 5.60 Å². The molecule has 1 aromatic carbocycles. The number of ether oxygens (including phenoxy) is 1. The summed E-state index contributed by atoms with van der Waals surface area (Å²) in [6, 6.07) is 6.06. The van der Waals surface area contributed by atoms with E-state index in [-0.39, 0.29) is 11.5 Å². The van der Waals surface area contributed by atoms with Crippen LogP contribution in [0.3, 0.4) is 0 Å². The molecule has 3 rings (SSSR count). The Bertz CT molecular complexity index is 648. The number of carbonyl (C=O) groups is 1. The highest BCUT2D eigenvalue weighted by molar-refractivity contribution is 6.42. The molecule has 1 aliphatic carbocycles. The van der Waals surface area contributed by atoms with Crippen LogP contribution in [0.2, 0.25) is 10.0 Å². The fourth-order valence-corrected chi connectivity index (χ4v) is 4.75. The average molecular weight is 384 g/mol. The van der Waals surface area contributed by atoms with Gasteiger partial charge < -0.3 is 9.64 Å². The molecule has 0 aromatic heterocycles. The van der Waals surface area contributed by atoms with Gasteiger partial charge in [0.1, 0.15) is 5.60 Å². The van der Waals surface area contributed by atoms with Gasteiger partial charge in [-0.05, 0) is 69.1 Å². The summed E-state index contributed by atoms with van der Waals surface area (Å²) >= 11 is 12.4. The maximum absolute atomic E-state index is 12.4. The molecular formula is C20H27Cl2NO2. The number of benzene rings is 1. The Morgan fingerprint density at radius 2 is 1.88 bits per heavy atom. The molecule has 3 nitrogen and oxygen atoms in total. The summed E-state index contributed by atoms with van der Waals surface area (Å²) in [6.45, 7) is 7.25. The lowest BCUT2D eigenvalue weighted by Crippen LogP contribution is -2.38. The van der Waals surface area contributed by atoms with Crippen molar-refractivity contribution < 1.29 is 9.53 Å². The molecule has 1 atom stereocenters. The van der Waals surface area contributed by atoms with E-state index in [1.165, 1.54) is 18.4 Å². The van der Waals surface area contributed by atoms with Crippen molar-refractivity contribution in [1.82, 2.24) is 4.90 Å². The molecule has 1 aromatic rings. The average Bonchev–Trinajstić information content (AvgIpc) is 3.17.